The summed E-state index contributed by atoms with van der Waals surface area (Å²) in [6.45, 7) is 7.08. The van der Waals surface area contributed by atoms with Crippen molar-refractivity contribution in [3.63, 3.8) is 0 Å². The number of H-pyrrole nitrogens is 1. The molecule has 1 aromatic carbocycles. The molecule has 2 aliphatic carbocycles. The Balaban J connectivity index is 1.16. The lowest BCUT2D eigenvalue weighted by atomic mass is 10.2. The standard InChI is InChI=1S/C24H29N7O2/c1-24(2,3)33-23(32)31-11-15-16(12-31)20(15)27-22-25-17-7-5-4-6-14(17)21(28-22)26-19-10-18(29-30-19)13-8-9-13/h4-7,10,13,15-16,20H,8-9,11-12H2,1-3H3,(H3,25,26,27,28,29,30). The number of hydrogen-bond acceptors (Lipinski definition) is 7. The molecule has 3 aliphatic rings. The number of fused-ring (bicyclic) bond motifs is 2. The number of piperidine rings is 1. The number of ether oxygens (including phenoxy) is 1. The number of benzene rings is 1. The van der Waals surface area contributed by atoms with Crippen molar-refractivity contribution in [3.8, 4) is 0 Å². The minimum atomic E-state index is -0.475. The molecule has 2 aromatic heterocycles. The maximum Gasteiger partial charge on any atom is 0.410 e. The number of carbonyl (C=O) groups is 1. The van der Waals surface area contributed by atoms with Gasteiger partial charge in [-0.15, -0.1) is 0 Å². The van der Waals surface area contributed by atoms with Gasteiger partial charge in [-0.3, -0.25) is 5.10 Å². The molecule has 1 aliphatic heterocycles. The molecule has 0 bridgehead atoms. The first-order valence-corrected chi connectivity index (χ1v) is 11.7. The maximum absolute atomic E-state index is 12.3. The number of aromatic amines is 1. The zero-order chi connectivity index (χ0) is 22.7. The first-order chi connectivity index (χ1) is 15.8. The Hall–Kier alpha value is -3.36. The van der Waals surface area contributed by atoms with Gasteiger partial charge in [0.1, 0.15) is 11.4 Å². The van der Waals surface area contributed by atoms with Gasteiger partial charge in [-0.2, -0.15) is 10.1 Å². The van der Waals surface area contributed by atoms with E-state index in [1.807, 2.05) is 49.9 Å². The molecule has 0 spiro atoms. The van der Waals surface area contributed by atoms with Crippen molar-refractivity contribution < 1.29 is 9.53 Å². The summed E-state index contributed by atoms with van der Waals surface area (Å²) in [5, 5.41) is 15.4. The highest BCUT2D eigenvalue weighted by atomic mass is 16.6. The van der Waals surface area contributed by atoms with Gasteiger partial charge in [0, 0.05) is 54.0 Å². The summed E-state index contributed by atoms with van der Waals surface area (Å²) in [4.78, 5) is 23.7. The van der Waals surface area contributed by atoms with Crippen molar-refractivity contribution >= 4 is 34.6 Å². The number of nitrogens with zero attached hydrogens (tertiary/aromatic N) is 4. The van der Waals surface area contributed by atoms with E-state index in [4.69, 9.17) is 14.7 Å². The second-order valence-corrected chi connectivity index (χ2v) is 10.4. The molecule has 3 N–H and O–H groups in total. The molecule has 9 heteroatoms. The third-order valence-electron chi connectivity index (χ3n) is 6.61. The van der Waals surface area contributed by atoms with Crippen molar-refractivity contribution in [2.75, 3.05) is 23.7 Å². The van der Waals surface area contributed by atoms with Crippen molar-refractivity contribution in [1.82, 2.24) is 25.1 Å². The van der Waals surface area contributed by atoms with Gasteiger partial charge in [0.25, 0.3) is 0 Å². The quantitative estimate of drug-likeness (QED) is 0.536. The van der Waals surface area contributed by atoms with E-state index >= 15 is 0 Å². The third-order valence-corrected chi connectivity index (χ3v) is 6.61. The van der Waals surface area contributed by atoms with Crippen molar-refractivity contribution in [2.24, 2.45) is 11.8 Å². The second-order valence-electron chi connectivity index (χ2n) is 10.4. The van der Waals surface area contributed by atoms with Gasteiger partial charge in [-0.1, -0.05) is 12.1 Å². The van der Waals surface area contributed by atoms with E-state index in [1.165, 1.54) is 18.5 Å². The minimum Gasteiger partial charge on any atom is -0.444 e. The Morgan fingerprint density at radius 3 is 2.64 bits per heavy atom. The molecule has 9 nitrogen and oxygen atoms in total. The van der Waals surface area contributed by atoms with Gasteiger partial charge in [-0.05, 0) is 45.7 Å². The summed E-state index contributed by atoms with van der Waals surface area (Å²) >= 11 is 0. The monoisotopic (exact) mass is 447 g/mol. The molecule has 2 atom stereocenters. The van der Waals surface area contributed by atoms with Gasteiger partial charge < -0.3 is 20.3 Å². The lowest BCUT2D eigenvalue weighted by Crippen LogP contribution is -2.38. The highest BCUT2D eigenvalue weighted by Gasteiger charge is 2.57. The Labute approximate surface area is 192 Å². The molecule has 3 fully saturated rings. The van der Waals surface area contributed by atoms with E-state index in [0.717, 1.165) is 22.5 Å². The number of carbonyl (C=O) groups excluding carboxylic acids is 1. The van der Waals surface area contributed by atoms with Gasteiger partial charge in [-0.25, -0.2) is 9.78 Å². The Bertz CT molecular complexity index is 1200. The summed E-state index contributed by atoms with van der Waals surface area (Å²) in [5.41, 5.74) is 1.57. The van der Waals surface area contributed by atoms with E-state index in [0.29, 0.717) is 36.8 Å². The smallest absolute Gasteiger partial charge is 0.410 e. The van der Waals surface area contributed by atoms with Crippen molar-refractivity contribution in [3.05, 3.63) is 36.0 Å². The molecule has 1 saturated heterocycles. The Kier molecular flexibility index (Phi) is 4.50. The lowest BCUT2D eigenvalue weighted by molar-refractivity contribution is 0.0272. The molecule has 1 amide bonds. The van der Waals surface area contributed by atoms with Gasteiger partial charge in [0.15, 0.2) is 5.82 Å². The van der Waals surface area contributed by atoms with Crippen LogP contribution >= 0.6 is 0 Å². The summed E-state index contributed by atoms with van der Waals surface area (Å²) < 4.78 is 5.51. The Morgan fingerprint density at radius 2 is 1.91 bits per heavy atom. The number of rotatable bonds is 5. The number of aromatic nitrogens is 4. The van der Waals surface area contributed by atoms with E-state index < -0.39 is 5.60 Å². The number of anilines is 3. The topological polar surface area (TPSA) is 108 Å². The highest BCUT2D eigenvalue weighted by Crippen LogP contribution is 2.47. The average molecular weight is 448 g/mol. The fourth-order valence-electron chi connectivity index (χ4n) is 4.73. The molecule has 2 unspecified atom stereocenters. The van der Waals surface area contributed by atoms with Crippen LogP contribution in [0.5, 0.6) is 0 Å². The first kappa shape index (κ1) is 20.3. The van der Waals surface area contributed by atoms with Crippen LogP contribution in [0.4, 0.5) is 22.4 Å². The first-order valence-electron chi connectivity index (χ1n) is 11.7. The average Bonchev–Trinajstić information content (AvgIpc) is 3.60. The number of amides is 1. The molecule has 2 saturated carbocycles. The zero-order valence-corrected chi connectivity index (χ0v) is 19.1. The molecule has 6 rings (SSSR count). The normalized spacial score (nSPS) is 24.0. The third kappa shape index (κ3) is 4.07. The molecular formula is C24H29N7O2. The van der Waals surface area contributed by atoms with Gasteiger partial charge >= 0.3 is 6.09 Å². The predicted molar refractivity (Wildman–Crippen MR) is 126 cm³/mol. The number of hydrogen-bond donors (Lipinski definition) is 3. The van der Waals surface area contributed by atoms with E-state index in [2.05, 4.69) is 26.9 Å². The summed E-state index contributed by atoms with van der Waals surface area (Å²) in [7, 11) is 0. The SMILES string of the molecule is CC(C)(C)OC(=O)N1CC2C(C1)C2Nc1nc(Nc2cc(C3CC3)[nH]n2)c2ccccc2n1. The van der Waals surface area contributed by atoms with E-state index in [9.17, 15) is 4.79 Å². The van der Waals surface area contributed by atoms with Gasteiger partial charge in [0.2, 0.25) is 5.95 Å². The molecule has 33 heavy (non-hydrogen) atoms. The minimum absolute atomic E-state index is 0.230. The van der Waals surface area contributed by atoms with Crippen LogP contribution < -0.4 is 10.6 Å². The zero-order valence-electron chi connectivity index (χ0n) is 19.1. The fraction of sp³-hybridized carbons (Fsp3) is 0.500. The molecule has 0 radical (unpaired) electrons. The van der Waals surface area contributed by atoms with E-state index in [1.54, 1.807) is 0 Å². The van der Waals surface area contributed by atoms with Crippen molar-refractivity contribution in [2.45, 2.75) is 51.2 Å². The number of nitrogens with one attached hydrogen (secondary N) is 3. The largest absolute Gasteiger partial charge is 0.444 e. The predicted octanol–water partition coefficient (Wildman–Crippen LogP) is 4.25. The van der Waals surface area contributed by atoms with Crippen LogP contribution in [0.1, 0.15) is 45.2 Å². The van der Waals surface area contributed by atoms with Crippen LogP contribution in [-0.2, 0) is 4.74 Å². The second kappa shape index (κ2) is 7.33. The molecule has 172 valence electrons. The summed E-state index contributed by atoms with van der Waals surface area (Å²) in [6, 6.07) is 10.3. The van der Waals surface area contributed by atoms with Gasteiger partial charge in [0.05, 0.1) is 5.52 Å². The lowest BCUT2D eigenvalue weighted by Gasteiger charge is -2.26. The van der Waals surface area contributed by atoms with Crippen LogP contribution in [-0.4, -0.2) is 55.9 Å². The number of para-hydroxylation sites is 1. The van der Waals surface area contributed by atoms with Crippen LogP contribution in [0.15, 0.2) is 30.3 Å². The Morgan fingerprint density at radius 1 is 1.15 bits per heavy atom. The van der Waals surface area contributed by atoms with Crippen molar-refractivity contribution in [1.29, 1.82) is 0 Å². The fourth-order valence-corrected chi connectivity index (χ4v) is 4.73. The molecule has 3 heterocycles. The highest BCUT2D eigenvalue weighted by molar-refractivity contribution is 5.91. The maximum atomic E-state index is 12.3. The van der Waals surface area contributed by atoms with Crippen LogP contribution in [0.2, 0.25) is 0 Å². The number of likely N-dealkylation sites (tertiary alicyclic amines) is 1. The van der Waals surface area contributed by atoms with Crippen LogP contribution in [0.3, 0.4) is 0 Å². The summed E-state index contributed by atoms with van der Waals surface area (Å²) in [5.74, 6) is 3.51. The van der Waals surface area contributed by atoms with Crippen LogP contribution in [0, 0.1) is 11.8 Å². The van der Waals surface area contributed by atoms with E-state index in [-0.39, 0.29) is 12.1 Å². The summed E-state index contributed by atoms with van der Waals surface area (Å²) in [6.07, 6.45) is 2.22. The molecular weight excluding hydrogens is 418 g/mol. The van der Waals surface area contributed by atoms with Crippen LogP contribution in [0.25, 0.3) is 10.9 Å². The molecule has 3 aromatic rings.